The number of para-hydroxylation sites is 1. The fourth-order valence-electron chi connectivity index (χ4n) is 1.51. The lowest BCUT2D eigenvalue weighted by Crippen LogP contribution is -2.00. The molecule has 1 aromatic carbocycles. The zero-order valence-corrected chi connectivity index (χ0v) is 12.2. The molecule has 1 aromatic heterocycles. The first kappa shape index (κ1) is 13.0. The first-order valence-corrected chi connectivity index (χ1v) is 6.63. The lowest BCUT2D eigenvalue weighted by Gasteiger charge is -2.10. The Morgan fingerprint density at radius 1 is 1.17 bits per heavy atom. The van der Waals surface area contributed by atoms with Gasteiger partial charge in [0.05, 0.1) is 0 Å². The van der Waals surface area contributed by atoms with E-state index in [2.05, 4.69) is 39.7 Å². The first-order valence-electron chi connectivity index (χ1n) is 5.84. The number of hydrogen-bond acceptors (Lipinski definition) is 3. The van der Waals surface area contributed by atoms with Gasteiger partial charge in [0.2, 0.25) is 5.88 Å². The molecule has 2 aromatic rings. The maximum Gasteiger partial charge on any atom is 0.223 e. The predicted molar refractivity (Wildman–Crippen MR) is 75.1 cm³/mol. The molecular formula is C14H15BrN2O. The van der Waals surface area contributed by atoms with Crippen molar-refractivity contribution in [2.45, 2.75) is 26.7 Å². The Balaban J connectivity index is 2.32. The number of nitrogens with zero attached hydrogens (tertiary/aromatic N) is 2. The average molecular weight is 307 g/mol. The van der Waals surface area contributed by atoms with Crippen molar-refractivity contribution >= 4 is 15.9 Å². The first-order chi connectivity index (χ1) is 8.56. The molecule has 0 unspecified atom stereocenters. The van der Waals surface area contributed by atoms with Crippen molar-refractivity contribution in [3.8, 4) is 11.6 Å². The second-order valence-corrected chi connectivity index (χ2v) is 5.22. The third-order valence-electron chi connectivity index (χ3n) is 2.51. The highest BCUT2D eigenvalue weighted by Crippen LogP contribution is 2.26. The van der Waals surface area contributed by atoms with Gasteiger partial charge in [-0.25, -0.2) is 4.98 Å². The molecule has 0 fully saturated rings. The molecule has 0 saturated carbocycles. The van der Waals surface area contributed by atoms with Gasteiger partial charge in [0, 0.05) is 12.0 Å². The number of aryl methyl sites for hydroxylation is 1. The lowest BCUT2D eigenvalue weighted by molar-refractivity contribution is 0.453. The molecule has 2 rings (SSSR count). The maximum atomic E-state index is 5.80. The summed E-state index contributed by atoms with van der Waals surface area (Å²) in [6.45, 7) is 6.12. The van der Waals surface area contributed by atoms with Crippen molar-refractivity contribution in [1.82, 2.24) is 9.97 Å². The lowest BCUT2D eigenvalue weighted by atomic mass is 10.2. The van der Waals surface area contributed by atoms with Crippen LogP contribution < -0.4 is 4.74 Å². The van der Waals surface area contributed by atoms with E-state index >= 15 is 0 Å². The predicted octanol–water partition coefficient (Wildman–Crippen LogP) is 4.46. The monoisotopic (exact) mass is 306 g/mol. The SMILES string of the molecule is Cc1ccccc1Oc1cc(Br)nc(C(C)C)n1. The Hall–Kier alpha value is -1.42. The molecule has 0 radical (unpaired) electrons. The summed E-state index contributed by atoms with van der Waals surface area (Å²) in [6, 6.07) is 9.65. The molecule has 0 saturated heterocycles. The van der Waals surface area contributed by atoms with E-state index in [0.717, 1.165) is 21.7 Å². The fourth-order valence-corrected chi connectivity index (χ4v) is 1.89. The summed E-state index contributed by atoms with van der Waals surface area (Å²) >= 11 is 3.38. The highest BCUT2D eigenvalue weighted by atomic mass is 79.9. The maximum absolute atomic E-state index is 5.80. The van der Waals surface area contributed by atoms with Gasteiger partial charge < -0.3 is 4.74 Å². The van der Waals surface area contributed by atoms with E-state index < -0.39 is 0 Å². The molecule has 3 nitrogen and oxygen atoms in total. The highest BCUT2D eigenvalue weighted by molar-refractivity contribution is 9.10. The molecule has 0 amide bonds. The summed E-state index contributed by atoms with van der Waals surface area (Å²) in [5, 5.41) is 0. The number of ether oxygens (including phenoxy) is 1. The van der Waals surface area contributed by atoms with E-state index in [1.165, 1.54) is 0 Å². The fraction of sp³-hybridized carbons (Fsp3) is 0.286. The van der Waals surface area contributed by atoms with Gasteiger partial charge in [-0.2, -0.15) is 4.98 Å². The van der Waals surface area contributed by atoms with Gasteiger partial charge in [-0.15, -0.1) is 0 Å². The van der Waals surface area contributed by atoms with Crippen molar-refractivity contribution in [2.75, 3.05) is 0 Å². The zero-order chi connectivity index (χ0) is 13.1. The number of halogens is 1. The minimum atomic E-state index is 0.265. The molecule has 94 valence electrons. The van der Waals surface area contributed by atoms with Crippen LogP contribution in [0.15, 0.2) is 34.9 Å². The zero-order valence-electron chi connectivity index (χ0n) is 10.6. The number of aromatic nitrogens is 2. The van der Waals surface area contributed by atoms with E-state index in [9.17, 15) is 0 Å². The van der Waals surface area contributed by atoms with Crippen LogP contribution in [-0.4, -0.2) is 9.97 Å². The molecule has 0 aliphatic heterocycles. The molecular weight excluding hydrogens is 292 g/mol. The van der Waals surface area contributed by atoms with Crippen LogP contribution in [0.5, 0.6) is 11.6 Å². The number of hydrogen-bond donors (Lipinski definition) is 0. The molecule has 0 bridgehead atoms. The standard InChI is InChI=1S/C14H15BrN2O/c1-9(2)14-16-12(15)8-13(17-14)18-11-7-5-4-6-10(11)3/h4-9H,1-3H3. The van der Waals surface area contributed by atoms with E-state index in [4.69, 9.17) is 4.74 Å². The van der Waals surface area contributed by atoms with Gasteiger partial charge >= 0.3 is 0 Å². The van der Waals surface area contributed by atoms with Gasteiger partial charge in [0.15, 0.2) is 0 Å². The third-order valence-corrected chi connectivity index (χ3v) is 2.92. The third kappa shape index (κ3) is 3.07. The molecule has 4 heteroatoms. The van der Waals surface area contributed by atoms with Crippen molar-refractivity contribution in [3.63, 3.8) is 0 Å². The topological polar surface area (TPSA) is 35.0 Å². The van der Waals surface area contributed by atoms with Crippen LogP contribution in [0.1, 0.15) is 31.2 Å². The molecule has 18 heavy (non-hydrogen) atoms. The molecule has 0 spiro atoms. The summed E-state index contributed by atoms with van der Waals surface area (Å²) in [5.41, 5.74) is 1.08. The van der Waals surface area contributed by atoms with Crippen LogP contribution in [0.2, 0.25) is 0 Å². The van der Waals surface area contributed by atoms with Gasteiger partial charge in [-0.1, -0.05) is 32.0 Å². The van der Waals surface area contributed by atoms with Gasteiger partial charge in [-0.05, 0) is 34.5 Å². The largest absolute Gasteiger partial charge is 0.439 e. The summed E-state index contributed by atoms with van der Waals surface area (Å²) in [7, 11) is 0. The van der Waals surface area contributed by atoms with Crippen LogP contribution >= 0.6 is 15.9 Å². The van der Waals surface area contributed by atoms with Crippen LogP contribution in [0, 0.1) is 6.92 Å². The van der Waals surface area contributed by atoms with Crippen LogP contribution in [0.4, 0.5) is 0 Å². The van der Waals surface area contributed by atoms with E-state index in [1.54, 1.807) is 6.07 Å². The van der Waals surface area contributed by atoms with Crippen molar-refractivity contribution in [2.24, 2.45) is 0 Å². The summed E-state index contributed by atoms with van der Waals surface area (Å²) < 4.78 is 6.54. The molecule has 0 aliphatic rings. The average Bonchev–Trinajstić information content (AvgIpc) is 2.31. The van der Waals surface area contributed by atoms with Crippen LogP contribution in [-0.2, 0) is 0 Å². The van der Waals surface area contributed by atoms with Crippen molar-refractivity contribution in [3.05, 3.63) is 46.3 Å². The summed E-state index contributed by atoms with van der Waals surface area (Å²) in [4.78, 5) is 8.73. The Bertz CT molecular complexity index is 555. The Morgan fingerprint density at radius 3 is 2.56 bits per heavy atom. The van der Waals surface area contributed by atoms with Crippen molar-refractivity contribution in [1.29, 1.82) is 0 Å². The molecule has 0 aliphatic carbocycles. The molecule has 0 N–H and O–H groups in total. The van der Waals surface area contributed by atoms with Crippen LogP contribution in [0.3, 0.4) is 0 Å². The van der Waals surface area contributed by atoms with Crippen LogP contribution in [0.25, 0.3) is 0 Å². The van der Waals surface area contributed by atoms with Gasteiger partial charge in [0.25, 0.3) is 0 Å². The summed E-state index contributed by atoms with van der Waals surface area (Å²) in [5.74, 6) is 2.42. The molecule has 0 atom stereocenters. The Labute approximate surface area is 115 Å². The number of benzene rings is 1. The van der Waals surface area contributed by atoms with E-state index in [-0.39, 0.29) is 5.92 Å². The minimum absolute atomic E-state index is 0.265. The van der Waals surface area contributed by atoms with Gasteiger partial charge in [-0.3, -0.25) is 0 Å². The highest BCUT2D eigenvalue weighted by Gasteiger charge is 2.09. The quantitative estimate of drug-likeness (QED) is 0.785. The molecule has 1 heterocycles. The smallest absolute Gasteiger partial charge is 0.223 e. The van der Waals surface area contributed by atoms with Gasteiger partial charge in [0.1, 0.15) is 16.2 Å². The number of rotatable bonds is 3. The summed E-state index contributed by atoms with van der Waals surface area (Å²) in [6.07, 6.45) is 0. The second-order valence-electron chi connectivity index (χ2n) is 4.41. The Kier molecular flexibility index (Phi) is 3.97. The van der Waals surface area contributed by atoms with Crippen molar-refractivity contribution < 1.29 is 4.74 Å². The second kappa shape index (κ2) is 5.48. The van der Waals surface area contributed by atoms with E-state index in [0.29, 0.717) is 5.88 Å². The normalized spacial score (nSPS) is 10.7. The minimum Gasteiger partial charge on any atom is -0.439 e. The Morgan fingerprint density at radius 2 is 1.89 bits per heavy atom. The van der Waals surface area contributed by atoms with E-state index in [1.807, 2.05) is 31.2 Å².